The highest BCUT2D eigenvalue weighted by Crippen LogP contribution is 2.11. The number of hydrogen-bond donors (Lipinski definition) is 2. The van der Waals surface area contributed by atoms with Gasteiger partial charge in [-0.1, -0.05) is 30.3 Å². The zero-order valence-electron chi connectivity index (χ0n) is 16.2. The van der Waals surface area contributed by atoms with Crippen molar-refractivity contribution in [3.05, 3.63) is 83.7 Å². The molecular weight excluding hydrogens is 382 g/mol. The first kappa shape index (κ1) is 19.4. The number of rotatable bonds is 7. The van der Waals surface area contributed by atoms with E-state index in [1.54, 1.807) is 35.1 Å². The van der Waals surface area contributed by atoms with Crippen molar-refractivity contribution in [3.8, 4) is 5.69 Å². The summed E-state index contributed by atoms with van der Waals surface area (Å²) in [7, 11) is 0. The summed E-state index contributed by atoms with van der Waals surface area (Å²) in [5, 5.41) is 9.73. The maximum absolute atomic E-state index is 12.4. The molecule has 0 spiro atoms. The predicted molar refractivity (Wildman–Crippen MR) is 110 cm³/mol. The normalized spacial score (nSPS) is 13.4. The Morgan fingerprint density at radius 3 is 2.50 bits per heavy atom. The summed E-state index contributed by atoms with van der Waals surface area (Å²) in [6.45, 7) is 0.713. The molecule has 152 valence electrons. The minimum atomic E-state index is -0.391. The monoisotopic (exact) mass is 403 g/mol. The topological polar surface area (TPSA) is 96.3 Å². The molecule has 2 aromatic carbocycles. The average Bonchev–Trinajstić information content (AvgIpc) is 3.37. The molecule has 0 bridgehead atoms. The summed E-state index contributed by atoms with van der Waals surface area (Å²) in [6.07, 6.45) is 4.42. The van der Waals surface area contributed by atoms with E-state index in [2.05, 4.69) is 15.7 Å². The molecule has 2 N–H and O–H groups in total. The van der Waals surface area contributed by atoms with Gasteiger partial charge in [0, 0.05) is 18.3 Å². The lowest BCUT2D eigenvalue weighted by Gasteiger charge is -2.12. The Bertz CT molecular complexity index is 1040. The number of nitrogens with one attached hydrogen (secondary N) is 2. The van der Waals surface area contributed by atoms with E-state index in [1.807, 2.05) is 36.5 Å². The first-order valence-electron chi connectivity index (χ1n) is 9.64. The maximum atomic E-state index is 12.4. The van der Waals surface area contributed by atoms with E-state index in [4.69, 9.17) is 0 Å². The molecule has 0 saturated carbocycles. The first-order chi connectivity index (χ1) is 14.6. The molecule has 1 fully saturated rings. The number of para-hydroxylation sites is 1. The number of carbonyl (C=O) groups is 3. The molecular formula is C22H21N5O3. The largest absolute Gasteiger partial charge is 0.352 e. The second-order valence-electron chi connectivity index (χ2n) is 6.97. The lowest BCUT2D eigenvalue weighted by molar-refractivity contribution is -0.125. The molecule has 4 rings (SSSR count). The first-order valence-corrected chi connectivity index (χ1v) is 9.64. The molecule has 1 saturated heterocycles. The Morgan fingerprint density at radius 2 is 1.80 bits per heavy atom. The summed E-state index contributed by atoms with van der Waals surface area (Å²) in [5.74, 6) is -0.426. The molecule has 0 atom stereocenters. The lowest BCUT2D eigenvalue weighted by Crippen LogP contribution is -2.30. The summed E-state index contributed by atoms with van der Waals surface area (Å²) in [6, 6.07) is 16.3. The SMILES string of the molecule is O=C(NCCc1cnn(-c2ccccc2)c1)c1ccc(CN2C(=O)CNC2=O)cc1. The number of hydrogen-bond acceptors (Lipinski definition) is 4. The van der Waals surface area contributed by atoms with E-state index in [1.165, 1.54) is 0 Å². The fourth-order valence-corrected chi connectivity index (χ4v) is 3.19. The molecule has 4 amide bonds. The van der Waals surface area contributed by atoms with E-state index < -0.39 is 6.03 Å². The summed E-state index contributed by atoms with van der Waals surface area (Å²) < 4.78 is 1.81. The van der Waals surface area contributed by atoms with Crippen molar-refractivity contribution in [1.29, 1.82) is 0 Å². The molecule has 30 heavy (non-hydrogen) atoms. The van der Waals surface area contributed by atoms with Crippen LogP contribution in [0, 0.1) is 0 Å². The summed E-state index contributed by atoms with van der Waals surface area (Å²) >= 11 is 0. The third-order valence-corrected chi connectivity index (χ3v) is 4.85. The van der Waals surface area contributed by atoms with Gasteiger partial charge in [-0.05, 0) is 41.8 Å². The van der Waals surface area contributed by atoms with Crippen LogP contribution < -0.4 is 10.6 Å². The molecule has 1 aliphatic heterocycles. The molecule has 1 aliphatic rings. The van der Waals surface area contributed by atoms with E-state index in [9.17, 15) is 14.4 Å². The second kappa shape index (κ2) is 8.60. The Labute approximate surface area is 173 Å². The lowest BCUT2D eigenvalue weighted by atomic mass is 10.1. The Balaban J connectivity index is 1.28. The minimum Gasteiger partial charge on any atom is -0.352 e. The van der Waals surface area contributed by atoms with Crippen LogP contribution in [0.3, 0.4) is 0 Å². The van der Waals surface area contributed by atoms with E-state index in [-0.39, 0.29) is 24.9 Å². The van der Waals surface area contributed by atoms with E-state index in [0.29, 0.717) is 18.5 Å². The van der Waals surface area contributed by atoms with Crippen LogP contribution in [-0.2, 0) is 17.8 Å². The number of imide groups is 1. The van der Waals surface area contributed by atoms with Crippen LogP contribution >= 0.6 is 0 Å². The molecule has 0 unspecified atom stereocenters. The van der Waals surface area contributed by atoms with Crippen molar-refractivity contribution < 1.29 is 14.4 Å². The molecule has 8 heteroatoms. The molecule has 8 nitrogen and oxygen atoms in total. The molecule has 1 aromatic heterocycles. The van der Waals surface area contributed by atoms with E-state index >= 15 is 0 Å². The van der Waals surface area contributed by atoms with Gasteiger partial charge in [-0.3, -0.25) is 14.5 Å². The zero-order valence-corrected chi connectivity index (χ0v) is 16.2. The summed E-state index contributed by atoms with van der Waals surface area (Å²) in [5.41, 5.74) is 3.32. The third kappa shape index (κ3) is 4.38. The minimum absolute atomic E-state index is 0.0313. The Morgan fingerprint density at radius 1 is 1.03 bits per heavy atom. The molecule has 0 radical (unpaired) electrons. The van der Waals surface area contributed by atoms with Crippen LogP contribution in [0.4, 0.5) is 4.79 Å². The third-order valence-electron chi connectivity index (χ3n) is 4.85. The van der Waals surface area contributed by atoms with Gasteiger partial charge < -0.3 is 10.6 Å². The van der Waals surface area contributed by atoms with Gasteiger partial charge >= 0.3 is 6.03 Å². The smallest absolute Gasteiger partial charge is 0.324 e. The van der Waals surface area contributed by atoms with Gasteiger partial charge in [-0.25, -0.2) is 9.48 Å². The highest BCUT2D eigenvalue weighted by Gasteiger charge is 2.28. The quantitative estimate of drug-likeness (QED) is 0.589. The van der Waals surface area contributed by atoms with Crippen molar-refractivity contribution in [2.24, 2.45) is 0 Å². The number of benzene rings is 2. The van der Waals surface area contributed by atoms with Gasteiger partial charge in [0.25, 0.3) is 5.91 Å². The Kier molecular flexibility index (Phi) is 5.56. The standard InChI is InChI=1S/C22H21N5O3/c28-20-13-24-22(30)26(20)14-16-6-8-18(9-7-16)21(29)23-11-10-17-12-25-27(15-17)19-4-2-1-3-5-19/h1-9,12,15H,10-11,13-14H2,(H,23,29)(H,24,30). The van der Waals surface area contributed by atoms with Crippen LogP contribution in [-0.4, -0.2) is 45.6 Å². The molecule has 2 heterocycles. The van der Waals surface area contributed by atoms with Gasteiger partial charge in [0.1, 0.15) is 0 Å². The number of nitrogens with zero attached hydrogens (tertiary/aromatic N) is 3. The van der Waals surface area contributed by atoms with Crippen LogP contribution in [0.25, 0.3) is 5.69 Å². The van der Waals surface area contributed by atoms with Gasteiger partial charge in [-0.2, -0.15) is 5.10 Å². The van der Waals surface area contributed by atoms with E-state index in [0.717, 1.165) is 21.7 Å². The highest BCUT2D eigenvalue weighted by atomic mass is 16.2. The van der Waals surface area contributed by atoms with Crippen molar-refractivity contribution in [1.82, 2.24) is 25.3 Å². The fraction of sp³-hybridized carbons (Fsp3) is 0.182. The maximum Gasteiger partial charge on any atom is 0.324 e. The van der Waals surface area contributed by atoms with Crippen LogP contribution in [0.5, 0.6) is 0 Å². The zero-order chi connectivity index (χ0) is 20.9. The average molecular weight is 403 g/mol. The Hall–Kier alpha value is -3.94. The fourth-order valence-electron chi connectivity index (χ4n) is 3.19. The predicted octanol–water partition coefficient (Wildman–Crippen LogP) is 1.90. The van der Waals surface area contributed by atoms with Crippen LogP contribution in [0.2, 0.25) is 0 Å². The van der Waals surface area contributed by atoms with Crippen molar-refractivity contribution in [2.75, 3.05) is 13.1 Å². The van der Waals surface area contributed by atoms with Gasteiger partial charge in [0.05, 0.1) is 25.0 Å². The van der Waals surface area contributed by atoms with Crippen molar-refractivity contribution >= 4 is 17.8 Å². The van der Waals surface area contributed by atoms with Gasteiger partial charge in [-0.15, -0.1) is 0 Å². The second-order valence-corrected chi connectivity index (χ2v) is 6.97. The van der Waals surface area contributed by atoms with Crippen molar-refractivity contribution in [3.63, 3.8) is 0 Å². The van der Waals surface area contributed by atoms with Gasteiger partial charge in [0.2, 0.25) is 5.91 Å². The summed E-state index contributed by atoms with van der Waals surface area (Å²) in [4.78, 5) is 36.8. The van der Waals surface area contributed by atoms with Gasteiger partial charge in [0.15, 0.2) is 0 Å². The number of amides is 4. The number of urea groups is 1. The van der Waals surface area contributed by atoms with Crippen molar-refractivity contribution in [2.45, 2.75) is 13.0 Å². The highest BCUT2D eigenvalue weighted by molar-refractivity contribution is 6.01. The number of aromatic nitrogens is 2. The number of carbonyl (C=O) groups excluding carboxylic acids is 3. The van der Waals surface area contributed by atoms with Crippen LogP contribution in [0.15, 0.2) is 67.0 Å². The molecule has 0 aliphatic carbocycles. The van der Waals surface area contributed by atoms with Crippen LogP contribution in [0.1, 0.15) is 21.5 Å². The molecule has 3 aromatic rings.